The number of aromatic amines is 1. The van der Waals surface area contributed by atoms with Gasteiger partial charge in [0.15, 0.2) is 0 Å². The molecule has 1 aromatic heterocycles. The fourth-order valence-corrected chi connectivity index (χ4v) is 3.38. The first kappa shape index (κ1) is 14.5. The number of carbonyl (C=O) groups is 1. The van der Waals surface area contributed by atoms with Crippen molar-refractivity contribution in [3.8, 4) is 0 Å². The molecule has 1 aromatic rings. The summed E-state index contributed by atoms with van der Waals surface area (Å²) in [5.41, 5.74) is -1.17. The number of hydrogen-bond acceptors (Lipinski definition) is 4. The predicted molar refractivity (Wildman–Crippen MR) is 78.8 cm³/mol. The van der Waals surface area contributed by atoms with Crippen LogP contribution in [0, 0.1) is 0 Å². The summed E-state index contributed by atoms with van der Waals surface area (Å²) < 4.78 is 0. The zero-order valence-electron chi connectivity index (χ0n) is 12.6. The van der Waals surface area contributed by atoms with Crippen LogP contribution in [0.15, 0.2) is 12.4 Å². The Hall–Kier alpha value is -1.40. The standard InChI is InChI=1S/C15H24N4O2/c1-18-9-4-15(21,5-10-18)14(20)19-8-2-3-12(11-19)13-16-6-7-17-13/h6-7,12,21H,2-5,8-11H2,1H3,(H,16,17)/t12-/m0/s1. The molecule has 0 unspecified atom stereocenters. The highest BCUT2D eigenvalue weighted by molar-refractivity contribution is 5.85. The Balaban J connectivity index is 1.67. The van der Waals surface area contributed by atoms with E-state index >= 15 is 0 Å². The normalized spacial score (nSPS) is 26.8. The molecule has 3 rings (SSSR count). The molecule has 0 radical (unpaired) electrons. The highest BCUT2D eigenvalue weighted by Gasteiger charge is 2.42. The second-order valence-electron chi connectivity index (χ2n) is 6.40. The summed E-state index contributed by atoms with van der Waals surface area (Å²) in [5, 5.41) is 10.7. The van der Waals surface area contributed by atoms with Crippen molar-refractivity contribution in [1.29, 1.82) is 0 Å². The molecule has 6 heteroatoms. The van der Waals surface area contributed by atoms with Gasteiger partial charge in [0.1, 0.15) is 11.4 Å². The zero-order valence-corrected chi connectivity index (χ0v) is 12.6. The molecule has 0 spiro atoms. The molecular weight excluding hydrogens is 268 g/mol. The van der Waals surface area contributed by atoms with Crippen LogP contribution in [0.2, 0.25) is 0 Å². The third kappa shape index (κ3) is 2.96. The van der Waals surface area contributed by atoms with E-state index in [9.17, 15) is 9.90 Å². The van der Waals surface area contributed by atoms with Crippen LogP contribution in [0.3, 0.4) is 0 Å². The van der Waals surface area contributed by atoms with Crippen molar-refractivity contribution in [3.05, 3.63) is 18.2 Å². The van der Waals surface area contributed by atoms with Crippen molar-refractivity contribution in [2.75, 3.05) is 33.2 Å². The molecule has 1 amide bonds. The molecule has 2 N–H and O–H groups in total. The number of nitrogens with zero attached hydrogens (tertiary/aromatic N) is 3. The minimum absolute atomic E-state index is 0.0909. The van der Waals surface area contributed by atoms with Gasteiger partial charge in [0.05, 0.1) is 0 Å². The van der Waals surface area contributed by atoms with Gasteiger partial charge in [-0.2, -0.15) is 0 Å². The van der Waals surface area contributed by atoms with Crippen molar-refractivity contribution in [2.45, 2.75) is 37.2 Å². The van der Waals surface area contributed by atoms with Gasteiger partial charge < -0.3 is 19.9 Å². The summed E-state index contributed by atoms with van der Waals surface area (Å²) in [5.74, 6) is 1.11. The molecule has 0 saturated carbocycles. The van der Waals surface area contributed by atoms with Crippen LogP contribution in [0.25, 0.3) is 0 Å². The Bertz CT molecular complexity index is 480. The molecule has 0 aliphatic carbocycles. The molecule has 116 valence electrons. The second kappa shape index (κ2) is 5.77. The second-order valence-corrected chi connectivity index (χ2v) is 6.40. The average Bonchev–Trinajstić information content (AvgIpc) is 3.04. The molecule has 21 heavy (non-hydrogen) atoms. The van der Waals surface area contributed by atoms with Gasteiger partial charge in [0.2, 0.25) is 0 Å². The molecule has 2 aliphatic rings. The van der Waals surface area contributed by atoms with Crippen LogP contribution in [-0.2, 0) is 4.79 Å². The fourth-order valence-electron chi connectivity index (χ4n) is 3.38. The number of piperidine rings is 2. The Morgan fingerprint density at radius 1 is 1.43 bits per heavy atom. The average molecular weight is 292 g/mol. The minimum atomic E-state index is -1.17. The van der Waals surface area contributed by atoms with E-state index in [0.29, 0.717) is 19.4 Å². The van der Waals surface area contributed by atoms with Crippen LogP contribution in [-0.4, -0.2) is 69.6 Å². The number of aromatic nitrogens is 2. The number of nitrogens with one attached hydrogen (secondary N) is 1. The van der Waals surface area contributed by atoms with Crippen LogP contribution >= 0.6 is 0 Å². The van der Waals surface area contributed by atoms with Crippen LogP contribution in [0.1, 0.15) is 37.4 Å². The van der Waals surface area contributed by atoms with Crippen LogP contribution < -0.4 is 0 Å². The molecule has 3 heterocycles. The Kier molecular flexibility index (Phi) is 3.99. The molecular formula is C15H24N4O2. The summed E-state index contributed by atoms with van der Waals surface area (Å²) in [6, 6.07) is 0. The molecule has 6 nitrogen and oxygen atoms in total. The maximum atomic E-state index is 12.7. The number of hydrogen-bond donors (Lipinski definition) is 2. The molecule has 1 atom stereocenters. The van der Waals surface area contributed by atoms with Crippen LogP contribution in [0.5, 0.6) is 0 Å². The van der Waals surface area contributed by atoms with E-state index in [0.717, 1.165) is 38.3 Å². The first-order valence-electron chi connectivity index (χ1n) is 7.78. The maximum Gasteiger partial charge on any atom is 0.254 e. The van der Waals surface area contributed by atoms with Gasteiger partial charge in [-0.15, -0.1) is 0 Å². The number of imidazole rings is 1. The minimum Gasteiger partial charge on any atom is -0.380 e. The smallest absolute Gasteiger partial charge is 0.254 e. The number of H-pyrrole nitrogens is 1. The van der Waals surface area contributed by atoms with Gasteiger partial charge in [-0.3, -0.25) is 4.79 Å². The van der Waals surface area contributed by atoms with Gasteiger partial charge in [-0.05, 0) is 32.7 Å². The first-order valence-corrected chi connectivity index (χ1v) is 7.78. The number of likely N-dealkylation sites (tertiary alicyclic amines) is 2. The Morgan fingerprint density at radius 3 is 2.86 bits per heavy atom. The number of amides is 1. The third-order valence-electron chi connectivity index (χ3n) is 4.83. The summed E-state index contributed by atoms with van der Waals surface area (Å²) in [4.78, 5) is 24.2. The van der Waals surface area contributed by atoms with Gasteiger partial charge in [0.25, 0.3) is 5.91 Å². The Morgan fingerprint density at radius 2 is 2.19 bits per heavy atom. The highest BCUT2D eigenvalue weighted by Crippen LogP contribution is 2.29. The SMILES string of the molecule is CN1CCC(O)(C(=O)N2CCC[C@H](c3ncc[nH]3)C2)CC1. The van der Waals surface area contributed by atoms with E-state index < -0.39 is 5.60 Å². The van der Waals surface area contributed by atoms with Crippen molar-refractivity contribution < 1.29 is 9.90 Å². The van der Waals surface area contributed by atoms with Crippen molar-refractivity contribution in [1.82, 2.24) is 19.8 Å². The third-order valence-corrected chi connectivity index (χ3v) is 4.83. The molecule has 0 bridgehead atoms. The maximum absolute atomic E-state index is 12.7. The van der Waals surface area contributed by atoms with Gasteiger partial charge in [-0.1, -0.05) is 0 Å². The monoisotopic (exact) mass is 292 g/mol. The van der Waals surface area contributed by atoms with E-state index in [1.54, 1.807) is 6.20 Å². The first-order chi connectivity index (χ1) is 10.1. The summed E-state index contributed by atoms with van der Waals surface area (Å²) in [6.07, 6.45) is 6.64. The largest absolute Gasteiger partial charge is 0.380 e. The Labute approximate surface area is 125 Å². The van der Waals surface area contributed by atoms with Gasteiger partial charge in [-0.25, -0.2) is 4.98 Å². The summed E-state index contributed by atoms with van der Waals surface area (Å²) in [6.45, 7) is 2.95. The fraction of sp³-hybridized carbons (Fsp3) is 0.733. The topological polar surface area (TPSA) is 72.5 Å². The van der Waals surface area contributed by atoms with Gasteiger partial charge >= 0.3 is 0 Å². The van der Waals surface area contributed by atoms with Crippen molar-refractivity contribution in [3.63, 3.8) is 0 Å². The summed E-state index contributed by atoms with van der Waals surface area (Å²) in [7, 11) is 2.03. The lowest BCUT2D eigenvalue weighted by Crippen LogP contribution is -2.56. The van der Waals surface area contributed by atoms with E-state index in [4.69, 9.17) is 0 Å². The lowest BCUT2D eigenvalue weighted by atomic mass is 9.88. The van der Waals surface area contributed by atoms with E-state index in [1.807, 2.05) is 18.1 Å². The molecule has 2 fully saturated rings. The molecule has 2 aliphatic heterocycles. The molecule has 2 saturated heterocycles. The van der Waals surface area contributed by atoms with E-state index in [2.05, 4.69) is 14.9 Å². The van der Waals surface area contributed by atoms with Crippen molar-refractivity contribution >= 4 is 5.91 Å². The number of rotatable bonds is 2. The van der Waals surface area contributed by atoms with E-state index in [-0.39, 0.29) is 11.8 Å². The number of aliphatic hydroxyl groups is 1. The quantitative estimate of drug-likeness (QED) is 0.836. The van der Waals surface area contributed by atoms with Crippen molar-refractivity contribution in [2.24, 2.45) is 0 Å². The molecule has 0 aromatic carbocycles. The zero-order chi connectivity index (χ0) is 14.9. The van der Waals surface area contributed by atoms with E-state index in [1.165, 1.54) is 0 Å². The lowest BCUT2D eigenvalue weighted by molar-refractivity contribution is -0.157. The van der Waals surface area contributed by atoms with Gasteiger partial charge in [0, 0.05) is 44.5 Å². The van der Waals surface area contributed by atoms with Crippen LogP contribution in [0.4, 0.5) is 0 Å². The highest BCUT2D eigenvalue weighted by atomic mass is 16.3. The lowest BCUT2D eigenvalue weighted by Gasteiger charge is -2.41. The summed E-state index contributed by atoms with van der Waals surface area (Å²) >= 11 is 0. The number of carbonyl (C=O) groups excluding carboxylic acids is 1. The predicted octanol–water partition coefficient (Wildman–Crippen LogP) is 0.572.